The Balaban J connectivity index is 0.00000192. The molecular formula is C16H21ClFN3O2. The molecule has 0 radical (unpaired) electrons. The molecule has 1 aromatic carbocycles. The molecule has 2 heterocycles. The SMILES string of the molecule is Cl.O=C(Nc1ccc(F)cc1)C1CCN(C(=O)C2CNC2)CC1. The number of likely N-dealkylation sites (tertiary alicyclic amines) is 1. The van der Waals surface area contributed by atoms with Gasteiger partial charge in [0.15, 0.2) is 0 Å². The number of piperidine rings is 1. The molecule has 2 aliphatic heterocycles. The third-order valence-corrected chi connectivity index (χ3v) is 4.42. The number of amides is 2. The molecule has 0 saturated carbocycles. The van der Waals surface area contributed by atoms with Gasteiger partial charge in [-0.1, -0.05) is 0 Å². The van der Waals surface area contributed by atoms with Crippen LogP contribution in [0.5, 0.6) is 0 Å². The lowest BCUT2D eigenvalue weighted by atomic mass is 9.93. The Morgan fingerprint density at radius 3 is 2.22 bits per heavy atom. The van der Waals surface area contributed by atoms with Crippen molar-refractivity contribution in [2.45, 2.75) is 12.8 Å². The minimum absolute atomic E-state index is 0. The van der Waals surface area contributed by atoms with E-state index in [0.29, 0.717) is 31.6 Å². The molecule has 0 unspecified atom stereocenters. The highest BCUT2D eigenvalue weighted by Crippen LogP contribution is 2.21. The molecule has 0 atom stereocenters. The lowest BCUT2D eigenvalue weighted by Crippen LogP contribution is -2.53. The maximum absolute atomic E-state index is 12.8. The number of halogens is 2. The fourth-order valence-electron chi connectivity index (χ4n) is 2.86. The minimum Gasteiger partial charge on any atom is -0.342 e. The summed E-state index contributed by atoms with van der Waals surface area (Å²) in [5.74, 6) is -0.145. The number of hydrogen-bond donors (Lipinski definition) is 2. The van der Waals surface area contributed by atoms with Gasteiger partial charge in [-0.3, -0.25) is 9.59 Å². The van der Waals surface area contributed by atoms with Crippen LogP contribution in [0, 0.1) is 17.7 Å². The molecule has 0 spiro atoms. The normalized spacial score (nSPS) is 18.7. The summed E-state index contributed by atoms with van der Waals surface area (Å²) >= 11 is 0. The second-order valence-electron chi connectivity index (χ2n) is 5.95. The first-order valence-electron chi connectivity index (χ1n) is 7.69. The van der Waals surface area contributed by atoms with E-state index in [4.69, 9.17) is 0 Å². The van der Waals surface area contributed by atoms with Gasteiger partial charge in [-0.25, -0.2) is 4.39 Å². The van der Waals surface area contributed by atoms with Crippen molar-refractivity contribution in [2.24, 2.45) is 11.8 Å². The van der Waals surface area contributed by atoms with Gasteiger partial charge in [0.25, 0.3) is 0 Å². The molecule has 0 aromatic heterocycles. The van der Waals surface area contributed by atoms with E-state index in [2.05, 4.69) is 10.6 Å². The summed E-state index contributed by atoms with van der Waals surface area (Å²) < 4.78 is 12.8. The molecule has 0 bridgehead atoms. The van der Waals surface area contributed by atoms with Gasteiger partial charge >= 0.3 is 0 Å². The summed E-state index contributed by atoms with van der Waals surface area (Å²) in [6.45, 7) is 2.81. The zero-order valence-corrected chi connectivity index (χ0v) is 13.6. The van der Waals surface area contributed by atoms with Crippen molar-refractivity contribution >= 4 is 29.9 Å². The Kier molecular flexibility index (Phi) is 5.96. The molecule has 7 heteroatoms. The van der Waals surface area contributed by atoms with Crippen LogP contribution in [-0.4, -0.2) is 42.9 Å². The van der Waals surface area contributed by atoms with Crippen LogP contribution >= 0.6 is 12.4 Å². The third kappa shape index (κ3) is 4.20. The predicted molar refractivity (Wildman–Crippen MR) is 87.9 cm³/mol. The first-order chi connectivity index (χ1) is 10.6. The molecule has 2 fully saturated rings. The maximum atomic E-state index is 12.8. The number of carbonyl (C=O) groups excluding carboxylic acids is 2. The molecule has 5 nitrogen and oxygen atoms in total. The van der Waals surface area contributed by atoms with E-state index in [9.17, 15) is 14.0 Å². The van der Waals surface area contributed by atoms with Gasteiger partial charge in [0.05, 0.1) is 5.92 Å². The fraction of sp³-hybridized carbons (Fsp3) is 0.500. The molecule has 23 heavy (non-hydrogen) atoms. The number of anilines is 1. The van der Waals surface area contributed by atoms with Crippen molar-refractivity contribution in [3.05, 3.63) is 30.1 Å². The molecule has 3 rings (SSSR count). The molecule has 126 valence electrons. The largest absolute Gasteiger partial charge is 0.342 e. The number of nitrogens with zero attached hydrogens (tertiary/aromatic N) is 1. The van der Waals surface area contributed by atoms with Crippen LogP contribution in [0.15, 0.2) is 24.3 Å². The summed E-state index contributed by atoms with van der Waals surface area (Å²) in [4.78, 5) is 26.2. The number of nitrogens with one attached hydrogen (secondary N) is 2. The third-order valence-electron chi connectivity index (χ3n) is 4.42. The highest BCUT2D eigenvalue weighted by Gasteiger charge is 2.33. The zero-order chi connectivity index (χ0) is 15.5. The van der Waals surface area contributed by atoms with Crippen LogP contribution < -0.4 is 10.6 Å². The molecule has 2 saturated heterocycles. The Labute approximate surface area is 141 Å². The monoisotopic (exact) mass is 341 g/mol. The van der Waals surface area contributed by atoms with E-state index in [1.165, 1.54) is 12.1 Å². The average Bonchev–Trinajstić information content (AvgIpc) is 2.48. The molecular weight excluding hydrogens is 321 g/mol. The topological polar surface area (TPSA) is 61.4 Å². The smallest absolute Gasteiger partial charge is 0.228 e. The lowest BCUT2D eigenvalue weighted by Gasteiger charge is -2.36. The molecule has 1 aromatic rings. The summed E-state index contributed by atoms with van der Waals surface area (Å²) in [6.07, 6.45) is 1.36. The van der Waals surface area contributed by atoms with Crippen molar-refractivity contribution in [2.75, 3.05) is 31.5 Å². The van der Waals surface area contributed by atoms with Gasteiger partial charge in [-0.15, -0.1) is 12.4 Å². The van der Waals surface area contributed by atoms with Crippen molar-refractivity contribution in [3.63, 3.8) is 0 Å². The Hall–Kier alpha value is -1.66. The van der Waals surface area contributed by atoms with Crippen molar-refractivity contribution < 1.29 is 14.0 Å². The molecule has 0 aliphatic carbocycles. The van der Waals surface area contributed by atoms with Gasteiger partial charge in [0.2, 0.25) is 11.8 Å². The number of benzene rings is 1. The van der Waals surface area contributed by atoms with Crippen LogP contribution in [0.1, 0.15) is 12.8 Å². The number of carbonyl (C=O) groups is 2. The number of hydrogen-bond acceptors (Lipinski definition) is 3. The Morgan fingerprint density at radius 1 is 1.09 bits per heavy atom. The first kappa shape index (κ1) is 17.7. The summed E-state index contributed by atoms with van der Waals surface area (Å²) in [6, 6.07) is 5.75. The van der Waals surface area contributed by atoms with E-state index >= 15 is 0 Å². The van der Waals surface area contributed by atoms with Crippen LogP contribution in [0.4, 0.5) is 10.1 Å². The van der Waals surface area contributed by atoms with E-state index in [0.717, 1.165) is 13.1 Å². The van der Waals surface area contributed by atoms with Crippen LogP contribution in [-0.2, 0) is 9.59 Å². The Bertz CT molecular complexity index is 555. The van der Waals surface area contributed by atoms with Gasteiger partial charge in [-0.05, 0) is 37.1 Å². The highest BCUT2D eigenvalue weighted by molar-refractivity contribution is 5.92. The minimum atomic E-state index is -0.324. The fourth-order valence-corrected chi connectivity index (χ4v) is 2.86. The van der Waals surface area contributed by atoms with Gasteiger partial charge < -0.3 is 15.5 Å². The van der Waals surface area contributed by atoms with Crippen molar-refractivity contribution in [1.29, 1.82) is 0 Å². The average molecular weight is 342 g/mol. The van der Waals surface area contributed by atoms with E-state index in [1.54, 1.807) is 12.1 Å². The van der Waals surface area contributed by atoms with Crippen molar-refractivity contribution in [1.82, 2.24) is 10.2 Å². The van der Waals surface area contributed by atoms with Crippen LogP contribution in [0.25, 0.3) is 0 Å². The number of rotatable bonds is 3. The highest BCUT2D eigenvalue weighted by atomic mass is 35.5. The second kappa shape index (κ2) is 7.75. The molecule has 2 amide bonds. The van der Waals surface area contributed by atoms with Gasteiger partial charge in [0.1, 0.15) is 5.82 Å². The standard InChI is InChI=1S/C16H20FN3O2.ClH/c17-13-1-3-14(4-2-13)19-15(21)11-5-7-20(8-6-11)16(22)12-9-18-10-12;/h1-4,11-12,18H,5-10H2,(H,19,21);1H. The predicted octanol–water partition coefficient (Wildman–Crippen LogP) is 1.64. The summed E-state index contributed by atoms with van der Waals surface area (Å²) in [5.41, 5.74) is 0.602. The van der Waals surface area contributed by atoms with Gasteiger partial charge in [-0.2, -0.15) is 0 Å². The lowest BCUT2D eigenvalue weighted by molar-refractivity contribution is -0.139. The van der Waals surface area contributed by atoms with Crippen LogP contribution in [0.3, 0.4) is 0 Å². The summed E-state index contributed by atoms with van der Waals surface area (Å²) in [5, 5.41) is 5.91. The second-order valence-corrected chi connectivity index (χ2v) is 5.95. The molecule has 2 aliphatic rings. The zero-order valence-electron chi connectivity index (χ0n) is 12.8. The van der Waals surface area contributed by atoms with E-state index < -0.39 is 0 Å². The first-order valence-corrected chi connectivity index (χ1v) is 7.69. The van der Waals surface area contributed by atoms with Gasteiger partial charge in [0, 0.05) is 37.8 Å². The van der Waals surface area contributed by atoms with Crippen molar-refractivity contribution in [3.8, 4) is 0 Å². The van der Waals surface area contributed by atoms with Crippen LogP contribution in [0.2, 0.25) is 0 Å². The maximum Gasteiger partial charge on any atom is 0.228 e. The van der Waals surface area contributed by atoms with E-state index in [1.807, 2.05) is 4.90 Å². The molecule has 2 N–H and O–H groups in total. The summed E-state index contributed by atoms with van der Waals surface area (Å²) in [7, 11) is 0. The quantitative estimate of drug-likeness (QED) is 0.878. The Morgan fingerprint density at radius 2 is 1.70 bits per heavy atom. The van der Waals surface area contributed by atoms with E-state index in [-0.39, 0.29) is 41.9 Å².